The van der Waals surface area contributed by atoms with Gasteiger partial charge in [0.25, 0.3) is 11.8 Å². The highest BCUT2D eigenvalue weighted by molar-refractivity contribution is 6.07. The molecule has 0 aliphatic carbocycles. The smallest absolute Gasteiger partial charge is 0.340 e. The lowest BCUT2D eigenvalue weighted by molar-refractivity contribution is -0.121. The molecule has 2 heterocycles. The fourth-order valence-corrected chi connectivity index (χ4v) is 3.24. The second kappa shape index (κ2) is 8.02. The fraction of sp³-hybridized carbons (Fsp3) is 0.136. The first kappa shape index (κ1) is 18.5. The quantitative estimate of drug-likeness (QED) is 0.676. The summed E-state index contributed by atoms with van der Waals surface area (Å²) in [5, 5.41) is 2.62. The van der Waals surface area contributed by atoms with Gasteiger partial charge in [0.1, 0.15) is 0 Å². The van der Waals surface area contributed by atoms with E-state index in [9.17, 15) is 14.4 Å². The molecule has 3 aromatic rings. The highest BCUT2D eigenvalue weighted by Gasteiger charge is 2.25. The van der Waals surface area contributed by atoms with Crippen LogP contribution in [-0.4, -0.2) is 30.9 Å². The van der Waals surface area contributed by atoms with Crippen molar-refractivity contribution in [1.82, 2.24) is 0 Å². The van der Waals surface area contributed by atoms with Crippen molar-refractivity contribution in [2.24, 2.45) is 0 Å². The normalized spacial score (nSPS) is 12.3. The number of nitrogens with zero attached hydrogens (tertiary/aromatic N) is 1. The molecule has 0 radical (unpaired) electrons. The molecule has 29 heavy (non-hydrogen) atoms. The van der Waals surface area contributed by atoms with Gasteiger partial charge in [-0.05, 0) is 42.3 Å². The van der Waals surface area contributed by atoms with Crippen LogP contribution in [0.4, 0.5) is 11.4 Å². The molecule has 1 aliphatic rings. The van der Waals surface area contributed by atoms with Crippen LogP contribution >= 0.6 is 0 Å². The van der Waals surface area contributed by atoms with E-state index in [0.29, 0.717) is 6.54 Å². The first-order valence-corrected chi connectivity index (χ1v) is 9.13. The minimum Gasteiger partial charge on any atom is -0.459 e. The van der Waals surface area contributed by atoms with Gasteiger partial charge in [-0.2, -0.15) is 0 Å². The standard InChI is InChI=1S/C22H18N2O5/c25-20(24-12-11-15-6-1-4-9-18(15)24)14-29-22(27)16-7-2-3-8-17(16)23-21(26)19-10-5-13-28-19/h1-10,13H,11-12,14H2,(H,23,26). The number of anilines is 2. The van der Waals surface area contributed by atoms with Gasteiger partial charge in [0.15, 0.2) is 12.4 Å². The van der Waals surface area contributed by atoms with Crippen molar-refractivity contribution >= 4 is 29.2 Å². The minimum absolute atomic E-state index is 0.121. The Morgan fingerprint density at radius 1 is 1.00 bits per heavy atom. The van der Waals surface area contributed by atoms with E-state index in [1.165, 1.54) is 18.4 Å². The zero-order chi connectivity index (χ0) is 20.2. The Morgan fingerprint density at radius 2 is 1.79 bits per heavy atom. The molecule has 146 valence electrons. The van der Waals surface area contributed by atoms with Gasteiger partial charge >= 0.3 is 5.97 Å². The average Bonchev–Trinajstić information content (AvgIpc) is 3.42. The summed E-state index contributed by atoms with van der Waals surface area (Å²) in [6.45, 7) is 0.180. The maximum absolute atomic E-state index is 12.5. The number of nitrogens with one attached hydrogen (secondary N) is 1. The molecule has 7 nitrogen and oxygen atoms in total. The van der Waals surface area contributed by atoms with Gasteiger partial charge in [0.2, 0.25) is 0 Å². The van der Waals surface area contributed by atoms with E-state index >= 15 is 0 Å². The number of hydrogen-bond acceptors (Lipinski definition) is 5. The van der Waals surface area contributed by atoms with E-state index in [1.807, 2.05) is 24.3 Å². The van der Waals surface area contributed by atoms with Crippen LogP contribution < -0.4 is 10.2 Å². The Kier molecular flexibility index (Phi) is 5.11. The van der Waals surface area contributed by atoms with Gasteiger partial charge < -0.3 is 19.4 Å². The predicted molar refractivity (Wildman–Crippen MR) is 106 cm³/mol. The molecule has 0 bridgehead atoms. The Labute approximate surface area is 166 Å². The molecule has 2 aromatic carbocycles. The van der Waals surface area contributed by atoms with Crippen molar-refractivity contribution in [3.63, 3.8) is 0 Å². The molecule has 4 rings (SSSR count). The summed E-state index contributed by atoms with van der Waals surface area (Å²) in [7, 11) is 0. The van der Waals surface area contributed by atoms with E-state index in [0.717, 1.165) is 17.7 Å². The summed E-state index contributed by atoms with van der Waals surface area (Å²) in [5.74, 6) is -1.35. The van der Waals surface area contributed by atoms with Crippen LogP contribution in [0.5, 0.6) is 0 Å². The molecule has 2 amide bonds. The largest absolute Gasteiger partial charge is 0.459 e. The second-order valence-electron chi connectivity index (χ2n) is 6.48. The molecule has 0 saturated carbocycles. The van der Waals surface area contributed by atoms with Gasteiger partial charge in [0, 0.05) is 12.2 Å². The maximum Gasteiger partial charge on any atom is 0.340 e. The molecular weight excluding hydrogens is 372 g/mol. The minimum atomic E-state index is -0.693. The van der Waals surface area contributed by atoms with Gasteiger partial charge in [-0.1, -0.05) is 30.3 Å². The van der Waals surface area contributed by atoms with Crippen LogP contribution in [0.15, 0.2) is 71.3 Å². The van der Waals surface area contributed by atoms with Gasteiger partial charge in [0.05, 0.1) is 17.5 Å². The zero-order valence-electron chi connectivity index (χ0n) is 15.5. The van der Waals surface area contributed by atoms with E-state index in [-0.39, 0.29) is 29.5 Å². The van der Waals surface area contributed by atoms with Crippen molar-refractivity contribution in [1.29, 1.82) is 0 Å². The summed E-state index contributed by atoms with van der Waals surface area (Å²) in [6, 6.07) is 17.2. The number of rotatable bonds is 5. The number of fused-ring (bicyclic) bond motifs is 1. The van der Waals surface area contributed by atoms with Crippen LogP contribution in [0.3, 0.4) is 0 Å². The van der Waals surface area contributed by atoms with Crippen LogP contribution in [-0.2, 0) is 16.0 Å². The molecule has 0 atom stereocenters. The molecule has 0 saturated heterocycles. The summed E-state index contributed by atoms with van der Waals surface area (Å²) < 4.78 is 10.3. The lowest BCUT2D eigenvalue weighted by atomic mass is 10.1. The summed E-state index contributed by atoms with van der Waals surface area (Å²) in [5.41, 5.74) is 2.37. The third-order valence-electron chi connectivity index (χ3n) is 4.66. The molecule has 0 unspecified atom stereocenters. The first-order chi connectivity index (χ1) is 14.1. The van der Waals surface area contributed by atoms with Gasteiger partial charge in [-0.25, -0.2) is 4.79 Å². The molecular formula is C22H18N2O5. The number of benzene rings is 2. The van der Waals surface area contributed by atoms with Gasteiger partial charge in [-0.15, -0.1) is 0 Å². The summed E-state index contributed by atoms with van der Waals surface area (Å²) in [4.78, 5) is 38.9. The number of para-hydroxylation sites is 2. The number of carbonyl (C=O) groups excluding carboxylic acids is 3. The molecule has 7 heteroatoms. The van der Waals surface area contributed by atoms with E-state index in [1.54, 1.807) is 29.2 Å². The van der Waals surface area contributed by atoms with Crippen LogP contribution in [0, 0.1) is 0 Å². The number of esters is 1. The lowest BCUT2D eigenvalue weighted by Gasteiger charge is -2.17. The zero-order valence-corrected chi connectivity index (χ0v) is 15.5. The molecule has 1 aliphatic heterocycles. The van der Waals surface area contributed by atoms with Gasteiger partial charge in [-0.3, -0.25) is 9.59 Å². The topological polar surface area (TPSA) is 88.8 Å². The molecule has 1 N–H and O–H groups in total. The highest BCUT2D eigenvalue weighted by atomic mass is 16.5. The second-order valence-corrected chi connectivity index (χ2v) is 6.48. The molecule has 1 aromatic heterocycles. The predicted octanol–water partition coefficient (Wildman–Crippen LogP) is 3.28. The monoisotopic (exact) mass is 390 g/mol. The van der Waals surface area contributed by atoms with Crippen molar-refractivity contribution in [2.45, 2.75) is 6.42 Å². The third-order valence-corrected chi connectivity index (χ3v) is 4.66. The van der Waals surface area contributed by atoms with Crippen LogP contribution in [0.1, 0.15) is 26.5 Å². The third kappa shape index (κ3) is 3.89. The van der Waals surface area contributed by atoms with Crippen molar-refractivity contribution < 1.29 is 23.5 Å². The fourth-order valence-electron chi connectivity index (χ4n) is 3.24. The highest BCUT2D eigenvalue weighted by Crippen LogP contribution is 2.27. The number of amides is 2. The Morgan fingerprint density at radius 3 is 2.62 bits per heavy atom. The molecule has 0 fully saturated rings. The summed E-state index contributed by atoms with van der Waals surface area (Å²) in [6.07, 6.45) is 2.16. The lowest BCUT2D eigenvalue weighted by Crippen LogP contribution is -2.33. The van der Waals surface area contributed by atoms with E-state index < -0.39 is 11.9 Å². The van der Waals surface area contributed by atoms with Crippen molar-refractivity contribution in [3.05, 3.63) is 83.8 Å². The first-order valence-electron chi connectivity index (χ1n) is 9.13. The van der Waals surface area contributed by atoms with Crippen molar-refractivity contribution in [2.75, 3.05) is 23.4 Å². The molecule has 0 spiro atoms. The number of ether oxygens (including phenoxy) is 1. The maximum atomic E-state index is 12.5. The Bertz CT molecular complexity index is 1060. The Balaban J connectivity index is 1.42. The van der Waals surface area contributed by atoms with E-state index in [4.69, 9.17) is 9.15 Å². The average molecular weight is 390 g/mol. The Hall–Kier alpha value is -3.87. The van der Waals surface area contributed by atoms with Crippen LogP contribution in [0.2, 0.25) is 0 Å². The SMILES string of the molecule is O=C(Nc1ccccc1C(=O)OCC(=O)N1CCc2ccccc21)c1ccco1. The number of hydrogen-bond donors (Lipinski definition) is 1. The van der Waals surface area contributed by atoms with Crippen LogP contribution in [0.25, 0.3) is 0 Å². The number of carbonyl (C=O) groups is 3. The van der Waals surface area contributed by atoms with E-state index in [2.05, 4.69) is 5.32 Å². The summed E-state index contributed by atoms with van der Waals surface area (Å²) >= 11 is 0. The number of furan rings is 1. The van der Waals surface area contributed by atoms with Crippen molar-refractivity contribution in [3.8, 4) is 0 Å².